The Morgan fingerprint density at radius 1 is 1.35 bits per heavy atom. The van der Waals surface area contributed by atoms with Crippen LogP contribution in [-0.2, 0) is 21.5 Å². The second-order valence-corrected chi connectivity index (χ2v) is 10.2. The summed E-state index contributed by atoms with van der Waals surface area (Å²) in [6.45, 7) is 5.84. The Kier molecular flexibility index (Phi) is 7.75. The zero-order valence-electron chi connectivity index (χ0n) is 19.6. The number of amides is 1. The maximum absolute atomic E-state index is 13.8. The Labute approximate surface area is 203 Å². The summed E-state index contributed by atoms with van der Waals surface area (Å²) >= 11 is 1.44. The summed E-state index contributed by atoms with van der Waals surface area (Å²) in [5.41, 5.74) is 2.35. The average Bonchev–Trinajstić information content (AvgIpc) is 3.42. The molecule has 0 spiro atoms. The average molecular weight is 487 g/mol. The van der Waals surface area contributed by atoms with Crippen molar-refractivity contribution in [3.63, 3.8) is 0 Å². The number of ether oxygens (including phenoxy) is 1. The number of nitrogens with zero attached hydrogens (tertiary/aromatic N) is 3. The molecular formula is C25H31FN4O3S. The van der Waals surface area contributed by atoms with Gasteiger partial charge in [-0.1, -0.05) is 18.2 Å². The fourth-order valence-electron chi connectivity index (χ4n) is 4.02. The van der Waals surface area contributed by atoms with E-state index in [1.165, 1.54) is 17.4 Å². The molecule has 0 bridgehead atoms. The Bertz CT molecular complexity index is 1110. The van der Waals surface area contributed by atoms with E-state index in [0.717, 1.165) is 47.9 Å². The number of hydrogen-bond donors (Lipinski definition) is 2. The highest BCUT2D eigenvalue weighted by atomic mass is 32.1. The van der Waals surface area contributed by atoms with E-state index in [0.29, 0.717) is 18.2 Å². The number of aliphatic hydroxyl groups excluding tert-OH is 1. The molecule has 0 unspecified atom stereocenters. The second-order valence-electron chi connectivity index (χ2n) is 9.31. The Morgan fingerprint density at radius 2 is 2.15 bits per heavy atom. The first-order valence-electron chi connectivity index (χ1n) is 11.6. The maximum Gasteiger partial charge on any atom is 0.226 e. The van der Waals surface area contributed by atoms with Crippen LogP contribution in [0.1, 0.15) is 44.5 Å². The highest BCUT2D eigenvalue weighted by Gasteiger charge is 2.28. The minimum atomic E-state index is -0.666. The third-order valence-electron chi connectivity index (χ3n) is 6.11. The highest BCUT2D eigenvalue weighted by Crippen LogP contribution is 2.35. The summed E-state index contributed by atoms with van der Waals surface area (Å²) in [6.07, 6.45) is 10.9. The number of halogens is 1. The number of aliphatic hydroxyl groups is 1. The molecule has 182 valence electrons. The zero-order chi connectivity index (χ0) is 24.1. The van der Waals surface area contributed by atoms with Crippen LogP contribution < -0.4 is 5.32 Å². The summed E-state index contributed by atoms with van der Waals surface area (Å²) in [7, 11) is 0. The van der Waals surface area contributed by atoms with Gasteiger partial charge in [-0.05, 0) is 38.7 Å². The molecule has 1 aliphatic carbocycles. The van der Waals surface area contributed by atoms with Gasteiger partial charge in [0.25, 0.3) is 0 Å². The Hall–Kier alpha value is -2.62. The third-order valence-corrected chi connectivity index (χ3v) is 7.03. The summed E-state index contributed by atoms with van der Waals surface area (Å²) in [4.78, 5) is 17.2. The van der Waals surface area contributed by atoms with Crippen LogP contribution in [0.15, 0.2) is 41.7 Å². The second kappa shape index (κ2) is 10.8. The fraction of sp³-hybridized carbons (Fsp3) is 0.480. The van der Waals surface area contributed by atoms with E-state index < -0.39 is 5.54 Å². The molecule has 0 radical (unpaired) electrons. The summed E-state index contributed by atoms with van der Waals surface area (Å²) in [6, 6.07) is 0. The van der Waals surface area contributed by atoms with E-state index >= 15 is 0 Å². The van der Waals surface area contributed by atoms with Gasteiger partial charge in [0, 0.05) is 37.1 Å². The molecule has 34 heavy (non-hydrogen) atoms. The van der Waals surface area contributed by atoms with Crippen molar-refractivity contribution >= 4 is 22.8 Å². The zero-order valence-corrected chi connectivity index (χ0v) is 20.4. The van der Waals surface area contributed by atoms with Gasteiger partial charge in [0.15, 0.2) is 0 Å². The van der Waals surface area contributed by atoms with Crippen LogP contribution in [0.25, 0.3) is 16.1 Å². The molecular weight excluding hydrogens is 455 g/mol. The first kappa shape index (κ1) is 24.5. The number of carbonyl (C=O) groups is 1. The first-order chi connectivity index (χ1) is 16.4. The molecule has 1 amide bonds. The lowest BCUT2D eigenvalue weighted by molar-refractivity contribution is -0.120. The first-order valence-corrected chi connectivity index (χ1v) is 12.5. The molecule has 9 heteroatoms. The molecule has 1 saturated heterocycles. The lowest BCUT2D eigenvalue weighted by Crippen LogP contribution is -2.33. The molecule has 0 aromatic carbocycles. The van der Waals surface area contributed by atoms with Gasteiger partial charge >= 0.3 is 0 Å². The van der Waals surface area contributed by atoms with Crippen molar-refractivity contribution in [3.8, 4) is 10.6 Å². The Morgan fingerprint density at radius 3 is 2.91 bits per heavy atom. The molecule has 0 saturated carbocycles. The van der Waals surface area contributed by atoms with Crippen molar-refractivity contribution in [1.82, 2.24) is 20.1 Å². The van der Waals surface area contributed by atoms with Crippen molar-refractivity contribution in [2.45, 2.75) is 45.1 Å². The third kappa shape index (κ3) is 5.71. The van der Waals surface area contributed by atoms with E-state index in [2.05, 4.69) is 10.4 Å². The lowest BCUT2D eigenvalue weighted by atomic mass is 10.0. The molecule has 7 nitrogen and oxygen atoms in total. The van der Waals surface area contributed by atoms with E-state index in [9.17, 15) is 14.3 Å². The predicted octanol–water partition coefficient (Wildman–Crippen LogP) is 4.02. The van der Waals surface area contributed by atoms with Crippen LogP contribution in [0.5, 0.6) is 0 Å². The number of aromatic nitrogens is 3. The normalized spacial score (nSPS) is 17.3. The van der Waals surface area contributed by atoms with E-state index in [-0.39, 0.29) is 31.2 Å². The molecule has 0 atom stereocenters. The topological polar surface area (TPSA) is 89.3 Å². The van der Waals surface area contributed by atoms with Crippen LogP contribution in [0.2, 0.25) is 0 Å². The quantitative estimate of drug-likeness (QED) is 0.588. The van der Waals surface area contributed by atoms with Gasteiger partial charge in [0.05, 0.1) is 41.7 Å². The van der Waals surface area contributed by atoms with Crippen molar-refractivity contribution in [2.24, 2.45) is 5.92 Å². The maximum atomic E-state index is 13.8. The summed E-state index contributed by atoms with van der Waals surface area (Å²) in [5, 5.41) is 20.2. The van der Waals surface area contributed by atoms with Gasteiger partial charge < -0.3 is 15.2 Å². The van der Waals surface area contributed by atoms with E-state index in [4.69, 9.17) is 9.72 Å². The van der Waals surface area contributed by atoms with Crippen molar-refractivity contribution in [1.29, 1.82) is 0 Å². The summed E-state index contributed by atoms with van der Waals surface area (Å²) in [5.74, 6) is 0.200. The Balaban J connectivity index is 1.56. The number of thiazole rings is 1. The lowest BCUT2D eigenvalue weighted by Gasteiger charge is -2.25. The summed E-state index contributed by atoms with van der Waals surface area (Å²) < 4.78 is 21.0. The molecule has 2 aromatic heterocycles. The number of allylic oxidation sites excluding steroid dienone is 6. The number of hydrogen-bond acceptors (Lipinski definition) is 6. The van der Waals surface area contributed by atoms with Crippen molar-refractivity contribution in [2.75, 3.05) is 26.4 Å². The van der Waals surface area contributed by atoms with E-state index in [1.807, 2.05) is 25.3 Å². The van der Waals surface area contributed by atoms with Gasteiger partial charge in [-0.25, -0.2) is 9.37 Å². The van der Waals surface area contributed by atoms with Gasteiger partial charge in [0.2, 0.25) is 5.91 Å². The predicted molar refractivity (Wildman–Crippen MR) is 131 cm³/mol. The molecule has 1 aliphatic heterocycles. The molecule has 2 aliphatic rings. The van der Waals surface area contributed by atoms with Gasteiger partial charge in [0.1, 0.15) is 10.8 Å². The standard InChI is InChI=1S/C25H31FN4O3S/c1-25(2,16-31)30-23(18-4-3-5-19(26)7-6-18)21(14-28-30)24-29-20(15-34-24)12-22(32)27-13-17-8-10-33-11-9-17/h3-4,6-7,14-15,17,31H,5,8-13,16H2,1-2H3,(H,27,32). The smallest absolute Gasteiger partial charge is 0.226 e. The van der Waals surface area contributed by atoms with Crippen LogP contribution >= 0.6 is 11.3 Å². The van der Waals surface area contributed by atoms with E-state index in [1.54, 1.807) is 23.0 Å². The van der Waals surface area contributed by atoms with Gasteiger partial charge in [-0.15, -0.1) is 11.3 Å². The number of carbonyl (C=O) groups excluding carboxylic acids is 1. The molecule has 4 rings (SSSR count). The van der Waals surface area contributed by atoms with Crippen LogP contribution in [0.4, 0.5) is 4.39 Å². The van der Waals surface area contributed by atoms with Crippen molar-refractivity contribution < 1.29 is 19.0 Å². The largest absolute Gasteiger partial charge is 0.394 e. The van der Waals surface area contributed by atoms with Crippen LogP contribution in [0, 0.1) is 5.92 Å². The number of nitrogens with one attached hydrogen (secondary N) is 1. The molecule has 3 heterocycles. The fourth-order valence-corrected chi connectivity index (χ4v) is 4.85. The van der Waals surface area contributed by atoms with Crippen LogP contribution in [0.3, 0.4) is 0 Å². The van der Waals surface area contributed by atoms with Crippen molar-refractivity contribution in [3.05, 3.63) is 53.1 Å². The van der Waals surface area contributed by atoms with Gasteiger partial charge in [-0.2, -0.15) is 5.10 Å². The monoisotopic (exact) mass is 486 g/mol. The molecule has 2 aromatic rings. The highest BCUT2D eigenvalue weighted by molar-refractivity contribution is 7.13. The minimum absolute atomic E-state index is 0.0457. The molecule has 2 N–H and O–H groups in total. The SMILES string of the molecule is CC(C)(CO)n1ncc(-c2nc(CC(=O)NCC3CCOCC3)cs2)c1C1=CC=C(F)CC=C1. The van der Waals surface area contributed by atoms with Gasteiger partial charge in [-0.3, -0.25) is 9.48 Å². The minimum Gasteiger partial charge on any atom is -0.394 e. The number of rotatable bonds is 8. The molecule has 1 fully saturated rings. The van der Waals surface area contributed by atoms with Crippen LogP contribution in [-0.4, -0.2) is 52.1 Å².